The van der Waals surface area contributed by atoms with Crippen molar-refractivity contribution in [3.05, 3.63) is 38.9 Å². The first-order chi connectivity index (χ1) is 8.21. The molecule has 0 aromatic heterocycles. The van der Waals surface area contributed by atoms with Crippen molar-refractivity contribution >= 4 is 17.6 Å². The number of ether oxygens (including phenoxy) is 1. The number of esters is 2. The Morgan fingerprint density at radius 3 is 2.28 bits per heavy atom. The number of carbonyl (C=O) groups excluding carboxylic acids is 2. The van der Waals surface area contributed by atoms with Crippen molar-refractivity contribution in [2.24, 2.45) is 0 Å². The second kappa shape index (κ2) is 3.52. The Bertz CT molecular complexity index is 593. The molecule has 0 amide bonds. The highest BCUT2D eigenvalue weighted by atomic mass is 19.4. The summed E-state index contributed by atoms with van der Waals surface area (Å²) >= 11 is 0. The summed E-state index contributed by atoms with van der Waals surface area (Å²) in [5.74, 6) is -2.65. The van der Waals surface area contributed by atoms with Crippen molar-refractivity contribution in [1.82, 2.24) is 0 Å². The van der Waals surface area contributed by atoms with E-state index in [1.54, 1.807) is 0 Å². The summed E-state index contributed by atoms with van der Waals surface area (Å²) < 4.78 is 41.4. The molecule has 0 spiro atoms. The zero-order chi connectivity index (χ0) is 13.7. The third-order valence-corrected chi connectivity index (χ3v) is 2.25. The molecule has 0 unspecified atom stereocenters. The molecule has 6 nitrogen and oxygen atoms in total. The normalized spacial score (nSPS) is 14.4. The second-order valence-electron chi connectivity index (χ2n) is 3.35. The maximum absolute atomic E-state index is 12.5. The summed E-state index contributed by atoms with van der Waals surface area (Å²) in [6, 6.07) is 0.550. The van der Waals surface area contributed by atoms with Gasteiger partial charge in [0.05, 0.1) is 16.1 Å². The van der Waals surface area contributed by atoms with E-state index in [9.17, 15) is 32.9 Å². The van der Waals surface area contributed by atoms with Crippen LogP contribution in [-0.2, 0) is 10.9 Å². The molecular formula is C9H2F3NO5. The first kappa shape index (κ1) is 12.0. The van der Waals surface area contributed by atoms with Crippen LogP contribution < -0.4 is 0 Å². The van der Waals surface area contributed by atoms with Gasteiger partial charge in [0.2, 0.25) is 0 Å². The summed E-state index contributed by atoms with van der Waals surface area (Å²) in [4.78, 5) is 31.7. The van der Waals surface area contributed by atoms with Crippen molar-refractivity contribution < 1.29 is 32.4 Å². The van der Waals surface area contributed by atoms with Crippen molar-refractivity contribution in [3.8, 4) is 0 Å². The number of halogens is 3. The van der Waals surface area contributed by atoms with E-state index < -0.39 is 45.4 Å². The standard InChI is InChI=1S/C9H2F3NO5/c10-9(11,12)3-1-4-6(5(2-3)13(16)17)8(15)18-7(4)14/h1-2H. The fourth-order valence-corrected chi connectivity index (χ4v) is 1.50. The van der Waals surface area contributed by atoms with Gasteiger partial charge >= 0.3 is 18.1 Å². The summed E-state index contributed by atoms with van der Waals surface area (Å²) in [5.41, 5.74) is -3.99. The van der Waals surface area contributed by atoms with Crippen LogP contribution in [0.2, 0.25) is 0 Å². The van der Waals surface area contributed by atoms with Crippen LogP contribution in [0.1, 0.15) is 26.3 Å². The highest BCUT2D eigenvalue weighted by Crippen LogP contribution is 2.37. The minimum Gasteiger partial charge on any atom is -0.385 e. The number of benzene rings is 1. The number of nitro benzene ring substituents is 1. The maximum atomic E-state index is 12.5. The van der Waals surface area contributed by atoms with Crippen molar-refractivity contribution in [2.75, 3.05) is 0 Å². The van der Waals surface area contributed by atoms with Gasteiger partial charge in [-0.15, -0.1) is 0 Å². The summed E-state index contributed by atoms with van der Waals surface area (Å²) in [7, 11) is 0. The molecule has 0 saturated carbocycles. The van der Waals surface area contributed by atoms with Gasteiger partial charge < -0.3 is 4.74 Å². The average molecular weight is 261 g/mol. The van der Waals surface area contributed by atoms with Gasteiger partial charge in [0.25, 0.3) is 5.69 Å². The fraction of sp³-hybridized carbons (Fsp3) is 0.111. The average Bonchev–Trinajstić information content (AvgIpc) is 2.52. The highest BCUT2D eigenvalue weighted by Gasteiger charge is 2.42. The van der Waals surface area contributed by atoms with Crippen LogP contribution in [0.3, 0.4) is 0 Å². The number of hydrogen-bond acceptors (Lipinski definition) is 5. The number of nitro groups is 1. The van der Waals surface area contributed by atoms with Gasteiger partial charge in [-0.05, 0) is 6.07 Å². The Hall–Kier alpha value is -2.45. The number of carbonyl (C=O) groups is 2. The largest absolute Gasteiger partial charge is 0.416 e. The predicted octanol–water partition coefficient (Wildman–Crippen LogP) is 1.92. The van der Waals surface area contributed by atoms with Gasteiger partial charge in [0.1, 0.15) is 0 Å². The van der Waals surface area contributed by atoms with Crippen LogP contribution in [0.15, 0.2) is 12.1 Å². The first-order valence-corrected chi connectivity index (χ1v) is 4.38. The molecule has 1 aliphatic heterocycles. The molecule has 1 aromatic rings. The van der Waals surface area contributed by atoms with Crippen LogP contribution in [0.5, 0.6) is 0 Å². The van der Waals surface area contributed by atoms with Gasteiger partial charge in [0.15, 0.2) is 5.56 Å². The van der Waals surface area contributed by atoms with Gasteiger partial charge in [-0.1, -0.05) is 0 Å². The molecule has 0 fully saturated rings. The smallest absolute Gasteiger partial charge is 0.385 e. The zero-order valence-corrected chi connectivity index (χ0v) is 8.28. The molecule has 1 heterocycles. The van der Waals surface area contributed by atoms with Gasteiger partial charge in [-0.3, -0.25) is 10.1 Å². The third kappa shape index (κ3) is 1.69. The lowest BCUT2D eigenvalue weighted by Gasteiger charge is -2.07. The molecule has 0 aliphatic carbocycles. The minimum atomic E-state index is -4.87. The second-order valence-corrected chi connectivity index (χ2v) is 3.35. The van der Waals surface area contributed by atoms with Crippen molar-refractivity contribution in [3.63, 3.8) is 0 Å². The van der Waals surface area contributed by atoms with E-state index in [4.69, 9.17) is 0 Å². The van der Waals surface area contributed by atoms with Gasteiger partial charge in [-0.25, -0.2) is 9.59 Å². The molecule has 1 aromatic carbocycles. The molecule has 18 heavy (non-hydrogen) atoms. The molecule has 94 valence electrons. The minimum absolute atomic E-state index is 0.193. The van der Waals surface area contributed by atoms with E-state index in [0.717, 1.165) is 0 Å². The van der Waals surface area contributed by atoms with Crippen LogP contribution in [0, 0.1) is 10.1 Å². The SMILES string of the molecule is O=C1OC(=O)c2c1cc(C(F)(F)F)cc2[N+](=O)[O-]. The van der Waals surface area contributed by atoms with Crippen molar-refractivity contribution in [1.29, 1.82) is 0 Å². The van der Waals surface area contributed by atoms with Gasteiger partial charge in [-0.2, -0.15) is 13.2 Å². The van der Waals surface area contributed by atoms with Crippen molar-refractivity contribution in [2.45, 2.75) is 6.18 Å². The van der Waals surface area contributed by atoms with Crippen LogP contribution in [0.25, 0.3) is 0 Å². The lowest BCUT2D eigenvalue weighted by atomic mass is 10.0. The maximum Gasteiger partial charge on any atom is 0.416 e. The number of nitrogens with zero attached hydrogens (tertiary/aromatic N) is 1. The number of rotatable bonds is 1. The number of cyclic esters (lactones) is 2. The molecule has 2 rings (SSSR count). The molecule has 0 radical (unpaired) electrons. The number of fused-ring (bicyclic) bond motifs is 1. The topological polar surface area (TPSA) is 86.5 Å². The van der Waals surface area contributed by atoms with Crippen LogP contribution in [0.4, 0.5) is 18.9 Å². The molecule has 9 heteroatoms. The fourth-order valence-electron chi connectivity index (χ4n) is 1.50. The predicted molar refractivity (Wildman–Crippen MR) is 47.8 cm³/mol. The third-order valence-electron chi connectivity index (χ3n) is 2.25. The van der Waals surface area contributed by atoms with Crippen LogP contribution in [-0.4, -0.2) is 16.9 Å². The molecule has 1 aliphatic rings. The zero-order valence-electron chi connectivity index (χ0n) is 8.28. The number of alkyl halides is 3. The monoisotopic (exact) mass is 261 g/mol. The highest BCUT2D eigenvalue weighted by molar-refractivity contribution is 6.17. The lowest BCUT2D eigenvalue weighted by Crippen LogP contribution is -2.09. The van der Waals surface area contributed by atoms with E-state index in [0.29, 0.717) is 6.07 Å². The quantitative estimate of drug-likeness (QED) is 0.333. The van der Waals surface area contributed by atoms with E-state index in [1.807, 2.05) is 0 Å². The Morgan fingerprint density at radius 1 is 1.17 bits per heavy atom. The molecule has 0 saturated heterocycles. The first-order valence-electron chi connectivity index (χ1n) is 4.38. The van der Waals surface area contributed by atoms with E-state index >= 15 is 0 Å². The molecule has 0 N–H and O–H groups in total. The molecule has 0 bridgehead atoms. The Kier molecular flexibility index (Phi) is 2.35. The summed E-state index contributed by atoms with van der Waals surface area (Å²) in [5, 5.41) is 10.6. The lowest BCUT2D eigenvalue weighted by molar-refractivity contribution is -0.385. The van der Waals surface area contributed by atoms with Crippen LogP contribution >= 0.6 is 0 Å². The van der Waals surface area contributed by atoms with Gasteiger partial charge in [0, 0.05) is 6.07 Å². The molecule has 0 atom stereocenters. The van der Waals surface area contributed by atoms with E-state index in [2.05, 4.69) is 4.74 Å². The number of hydrogen-bond donors (Lipinski definition) is 0. The Balaban J connectivity index is 2.78. The summed E-state index contributed by atoms with van der Waals surface area (Å²) in [6.45, 7) is 0. The summed E-state index contributed by atoms with van der Waals surface area (Å²) in [6.07, 6.45) is -4.87. The van der Waals surface area contributed by atoms with E-state index in [-0.39, 0.29) is 6.07 Å². The molecular weight excluding hydrogens is 259 g/mol. The van der Waals surface area contributed by atoms with E-state index in [1.165, 1.54) is 0 Å². The Morgan fingerprint density at radius 2 is 1.78 bits per heavy atom. The Labute approximate surface area is 96.1 Å².